The first-order valence-corrected chi connectivity index (χ1v) is 7.31. The molecule has 3 nitrogen and oxygen atoms in total. The summed E-state index contributed by atoms with van der Waals surface area (Å²) in [5.74, 6) is 0. The van der Waals surface area contributed by atoms with Gasteiger partial charge in [-0.1, -0.05) is 29.3 Å². The molecule has 0 aliphatic carbocycles. The highest BCUT2D eigenvalue weighted by Gasteiger charge is 2.31. The molecule has 1 aliphatic rings. The van der Waals surface area contributed by atoms with Crippen molar-refractivity contribution in [1.82, 2.24) is 4.90 Å². The van der Waals surface area contributed by atoms with E-state index in [2.05, 4.69) is 18.7 Å². The Morgan fingerprint density at radius 1 is 1.37 bits per heavy atom. The molecule has 1 aromatic rings. The minimum Gasteiger partial charge on any atom is -0.376 e. The maximum atomic E-state index is 6.31. The topological polar surface area (TPSA) is 38.5 Å². The summed E-state index contributed by atoms with van der Waals surface area (Å²) in [4.78, 5) is 2.33. The normalized spacial score (nSPS) is 26.4. The third-order valence-corrected chi connectivity index (χ3v) is 4.27. The zero-order chi connectivity index (χ0) is 14.0. The van der Waals surface area contributed by atoms with E-state index in [1.807, 2.05) is 18.2 Å². The second-order valence-electron chi connectivity index (χ2n) is 5.08. The molecule has 1 heterocycles. The lowest BCUT2D eigenvalue weighted by Gasteiger charge is -2.42. The highest BCUT2D eigenvalue weighted by Crippen LogP contribution is 2.35. The van der Waals surface area contributed by atoms with E-state index < -0.39 is 0 Å². The maximum absolute atomic E-state index is 6.31. The summed E-state index contributed by atoms with van der Waals surface area (Å²) in [7, 11) is 0. The Morgan fingerprint density at radius 3 is 2.58 bits per heavy atom. The summed E-state index contributed by atoms with van der Waals surface area (Å²) in [6.07, 6.45) is 0.200. The second-order valence-corrected chi connectivity index (χ2v) is 5.89. The molecule has 2 N–H and O–H groups in total. The van der Waals surface area contributed by atoms with Gasteiger partial charge in [0.25, 0.3) is 0 Å². The Balaban J connectivity index is 2.33. The lowest BCUT2D eigenvalue weighted by atomic mass is 10.0. The summed E-state index contributed by atoms with van der Waals surface area (Å²) in [6, 6.07) is 5.91. The third-order valence-electron chi connectivity index (χ3n) is 3.61. The first-order chi connectivity index (χ1) is 9.04. The SMILES string of the molecule is CC1CN(C(CN)c2c(Cl)cccc2Cl)C(C)CO1. The molecule has 1 saturated heterocycles. The fraction of sp³-hybridized carbons (Fsp3) is 0.571. The number of halogens is 2. The maximum Gasteiger partial charge on any atom is 0.0675 e. The summed E-state index contributed by atoms with van der Waals surface area (Å²) < 4.78 is 5.66. The van der Waals surface area contributed by atoms with Crippen LogP contribution in [-0.2, 0) is 4.74 Å². The summed E-state index contributed by atoms with van der Waals surface area (Å²) in [6.45, 7) is 6.24. The summed E-state index contributed by atoms with van der Waals surface area (Å²) in [5.41, 5.74) is 6.91. The first kappa shape index (κ1) is 15.1. The molecule has 1 fully saturated rings. The number of rotatable bonds is 3. The van der Waals surface area contributed by atoms with Crippen LogP contribution in [0.2, 0.25) is 10.0 Å². The molecule has 0 saturated carbocycles. The van der Waals surface area contributed by atoms with Gasteiger partial charge in [0.15, 0.2) is 0 Å². The smallest absolute Gasteiger partial charge is 0.0675 e. The minimum atomic E-state index is 0.0301. The number of morpholine rings is 1. The number of nitrogens with zero attached hydrogens (tertiary/aromatic N) is 1. The quantitative estimate of drug-likeness (QED) is 0.932. The number of ether oxygens (including phenoxy) is 1. The first-order valence-electron chi connectivity index (χ1n) is 6.56. The van der Waals surface area contributed by atoms with E-state index in [0.717, 1.165) is 12.1 Å². The van der Waals surface area contributed by atoms with Gasteiger partial charge in [-0.25, -0.2) is 0 Å². The Labute approximate surface area is 124 Å². The van der Waals surface area contributed by atoms with Crippen LogP contribution < -0.4 is 5.73 Å². The van der Waals surface area contributed by atoms with Crippen LogP contribution in [-0.4, -0.2) is 36.7 Å². The molecule has 0 amide bonds. The molecule has 0 bridgehead atoms. The molecule has 2 rings (SSSR count). The van der Waals surface area contributed by atoms with Gasteiger partial charge in [-0.2, -0.15) is 0 Å². The standard InChI is InChI=1S/C14H20Cl2N2O/c1-9-8-19-10(2)7-18(9)13(6-17)14-11(15)4-3-5-12(14)16/h3-5,9-10,13H,6-8,17H2,1-2H3. The summed E-state index contributed by atoms with van der Waals surface area (Å²) in [5, 5.41) is 1.35. The minimum absolute atomic E-state index is 0.0301. The fourth-order valence-corrected chi connectivity index (χ4v) is 3.26. The van der Waals surface area contributed by atoms with Crippen molar-refractivity contribution in [2.24, 2.45) is 5.73 Å². The molecule has 1 aliphatic heterocycles. The van der Waals surface area contributed by atoms with Crippen LogP contribution in [0.4, 0.5) is 0 Å². The molecule has 106 valence electrons. The van der Waals surface area contributed by atoms with Crippen LogP contribution in [0, 0.1) is 0 Å². The van der Waals surface area contributed by atoms with Crippen LogP contribution in [0.25, 0.3) is 0 Å². The predicted molar refractivity (Wildman–Crippen MR) is 79.8 cm³/mol. The van der Waals surface area contributed by atoms with Crippen LogP contribution in [0.1, 0.15) is 25.5 Å². The molecular weight excluding hydrogens is 283 g/mol. The van der Waals surface area contributed by atoms with E-state index in [-0.39, 0.29) is 12.1 Å². The van der Waals surface area contributed by atoms with Crippen LogP contribution in [0.3, 0.4) is 0 Å². The Morgan fingerprint density at radius 2 is 2.00 bits per heavy atom. The molecule has 0 spiro atoms. The highest BCUT2D eigenvalue weighted by atomic mass is 35.5. The van der Waals surface area contributed by atoms with Gasteiger partial charge < -0.3 is 10.5 Å². The lowest BCUT2D eigenvalue weighted by Crippen LogP contribution is -2.50. The van der Waals surface area contributed by atoms with E-state index in [4.69, 9.17) is 33.7 Å². The van der Waals surface area contributed by atoms with Crippen molar-refractivity contribution in [1.29, 1.82) is 0 Å². The zero-order valence-electron chi connectivity index (χ0n) is 11.3. The van der Waals surface area contributed by atoms with Crippen molar-refractivity contribution in [3.05, 3.63) is 33.8 Å². The fourth-order valence-electron chi connectivity index (χ4n) is 2.61. The molecule has 19 heavy (non-hydrogen) atoms. The third kappa shape index (κ3) is 3.23. The van der Waals surface area contributed by atoms with Gasteiger partial charge in [0.1, 0.15) is 0 Å². The Hall–Kier alpha value is -0.320. The van der Waals surface area contributed by atoms with Gasteiger partial charge in [0, 0.05) is 34.7 Å². The molecule has 1 aromatic carbocycles. The second kappa shape index (κ2) is 6.42. The van der Waals surface area contributed by atoms with Gasteiger partial charge in [-0.3, -0.25) is 4.90 Å². The van der Waals surface area contributed by atoms with Crippen molar-refractivity contribution >= 4 is 23.2 Å². The molecule has 3 unspecified atom stereocenters. The zero-order valence-corrected chi connectivity index (χ0v) is 12.8. The number of hydrogen-bond acceptors (Lipinski definition) is 3. The average molecular weight is 303 g/mol. The Bertz CT molecular complexity index is 421. The predicted octanol–water partition coefficient (Wildman–Crippen LogP) is 3.10. The van der Waals surface area contributed by atoms with Crippen molar-refractivity contribution in [3.8, 4) is 0 Å². The molecule has 0 aromatic heterocycles. The van der Waals surface area contributed by atoms with Crippen molar-refractivity contribution < 1.29 is 4.74 Å². The van der Waals surface area contributed by atoms with Crippen molar-refractivity contribution in [2.45, 2.75) is 32.0 Å². The van der Waals surface area contributed by atoms with Crippen molar-refractivity contribution in [2.75, 3.05) is 19.7 Å². The van der Waals surface area contributed by atoms with E-state index in [0.29, 0.717) is 29.2 Å². The van der Waals surface area contributed by atoms with Gasteiger partial charge in [0.2, 0.25) is 0 Å². The highest BCUT2D eigenvalue weighted by molar-refractivity contribution is 6.36. The largest absolute Gasteiger partial charge is 0.376 e. The molecule has 3 atom stereocenters. The number of nitrogens with two attached hydrogens (primary N) is 1. The van der Waals surface area contributed by atoms with Crippen molar-refractivity contribution in [3.63, 3.8) is 0 Å². The van der Waals surface area contributed by atoms with Gasteiger partial charge >= 0.3 is 0 Å². The molecule has 0 radical (unpaired) electrons. The van der Waals surface area contributed by atoms with Gasteiger partial charge in [-0.05, 0) is 26.0 Å². The van der Waals surface area contributed by atoms with E-state index in [9.17, 15) is 0 Å². The van der Waals surface area contributed by atoms with Gasteiger partial charge in [0.05, 0.1) is 18.8 Å². The van der Waals surface area contributed by atoms with E-state index in [1.165, 1.54) is 0 Å². The number of hydrogen-bond donors (Lipinski definition) is 1. The van der Waals surface area contributed by atoms with E-state index >= 15 is 0 Å². The molecular formula is C14H20Cl2N2O. The summed E-state index contributed by atoms with van der Waals surface area (Å²) >= 11 is 12.6. The number of benzene rings is 1. The van der Waals surface area contributed by atoms with Crippen LogP contribution in [0.5, 0.6) is 0 Å². The average Bonchev–Trinajstić information content (AvgIpc) is 2.37. The van der Waals surface area contributed by atoms with Crippen LogP contribution in [0.15, 0.2) is 18.2 Å². The van der Waals surface area contributed by atoms with Gasteiger partial charge in [-0.15, -0.1) is 0 Å². The lowest BCUT2D eigenvalue weighted by molar-refractivity contribution is -0.0653. The monoisotopic (exact) mass is 302 g/mol. The Kier molecular flexibility index (Phi) is 5.09. The molecule has 5 heteroatoms. The van der Waals surface area contributed by atoms with E-state index in [1.54, 1.807) is 0 Å². The van der Waals surface area contributed by atoms with Crippen LogP contribution >= 0.6 is 23.2 Å².